The second-order valence-electron chi connectivity index (χ2n) is 4.81. The van der Waals surface area contributed by atoms with E-state index in [1.165, 1.54) is 11.8 Å². The number of carboxylic acids is 1. The Labute approximate surface area is 134 Å². The highest BCUT2D eigenvalue weighted by Gasteiger charge is 2.19. The number of thioether (sulfide) groups is 1. The third-order valence-corrected chi connectivity index (χ3v) is 3.87. The third-order valence-electron chi connectivity index (χ3n) is 3.23. The van der Waals surface area contributed by atoms with Gasteiger partial charge < -0.3 is 20.5 Å². The molecule has 3 N–H and O–H groups in total. The van der Waals surface area contributed by atoms with E-state index in [2.05, 4.69) is 10.6 Å². The van der Waals surface area contributed by atoms with Crippen LogP contribution in [-0.2, 0) is 4.79 Å². The van der Waals surface area contributed by atoms with Crippen molar-refractivity contribution in [2.45, 2.75) is 26.3 Å². The molecule has 1 aromatic rings. The van der Waals surface area contributed by atoms with E-state index in [4.69, 9.17) is 9.84 Å². The van der Waals surface area contributed by atoms with Gasteiger partial charge in [0, 0.05) is 0 Å². The number of nitrogens with one attached hydrogen (secondary N) is 2. The van der Waals surface area contributed by atoms with Crippen LogP contribution in [-0.4, -0.2) is 41.9 Å². The summed E-state index contributed by atoms with van der Waals surface area (Å²) < 4.78 is 5.49. The van der Waals surface area contributed by atoms with Crippen molar-refractivity contribution in [2.24, 2.45) is 0 Å². The molecule has 0 heterocycles. The lowest BCUT2D eigenvalue weighted by Gasteiger charge is -2.15. The van der Waals surface area contributed by atoms with Gasteiger partial charge in [-0.2, -0.15) is 11.8 Å². The molecular formula is C15H22N2O4S. The third kappa shape index (κ3) is 5.85. The van der Waals surface area contributed by atoms with Gasteiger partial charge in [0.15, 0.2) is 6.73 Å². The van der Waals surface area contributed by atoms with Gasteiger partial charge in [0.1, 0.15) is 11.8 Å². The predicted octanol–water partition coefficient (Wildman–Crippen LogP) is 2.15. The van der Waals surface area contributed by atoms with Crippen molar-refractivity contribution in [3.63, 3.8) is 0 Å². The van der Waals surface area contributed by atoms with Crippen molar-refractivity contribution >= 4 is 23.8 Å². The number of carbonyl (C=O) groups is 2. The van der Waals surface area contributed by atoms with Gasteiger partial charge in [0.05, 0.1) is 0 Å². The summed E-state index contributed by atoms with van der Waals surface area (Å²) in [5.41, 5.74) is 2.11. The zero-order chi connectivity index (χ0) is 16.5. The lowest BCUT2D eigenvalue weighted by Crippen LogP contribution is -2.47. The second kappa shape index (κ2) is 9.19. The van der Waals surface area contributed by atoms with Crippen LogP contribution in [0.1, 0.15) is 17.5 Å². The highest BCUT2D eigenvalue weighted by molar-refractivity contribution is 7.98. The minimum atomic E-state index is -1.04. The fourth-order valence-corrected chi connectivity index (χ4v) is 2.23. The van der Waals surface area contributed by atoms with Crippen molar-refractivity contribution < 1.29 is 19.4 Å². The fraction of sp³-hybridized carbons (Fsp3) is 0.467. The molecular weight excluding hydrogens is 304 g/mol. The number of carbonyl (C=O) groups excluding carboxylic acids is 1. The molecule has 0 bridgehead atoms. The van der Waals surface area contributed by atoms with Crippen LogP contribution in [0.3, 0.4) is 0 Å². The van der Waals surface area contributed by atoms with Crippen LogP contribution in [0.25, 0.3) is 0 Å². The van der Waals surface area contributed by atoms with Crippen molar-refractivity contribution in [1.82, 2.24) is 10.6 Å². The Kier molecular flexibility index (Phi) is 7.59. The van der Waals surface area contributed by atoms with E-state index < -0.39 is 18.0 Å². The van der Waals surface area contributed by atoms with E-state index in [-0.39, 0.29) is 6.73 Å². The number of rotatable bonds is 8. The van der Waals surface area contributed by atoms with E-state index in [0.29, 0.717) is 17.9 Å². The van der Waals surface area contributed by atoms with E-state index in [1.807, 2.05) is 38.3 Å². The molecule has 1 atom stereocenters. The predicted molar refractivity (Wildman–Crippen MR) is 87.5 cm³/mol. The molecule has 0 aliphatic rings. The number of ether oxygens (including phenoxy) is 1. The smallest absolute Gasteiger partial charge is 0.326 e. The number of urea groups is 1. The van der Waals surface area contributed by atoms with Gasteiger partial charge in [0.25, 0.3) is 0 Å². The summed E-state index contributed by atoms with van der Waals surface area (Å²) in [4.78, 5) is 22.7. The van der Waals surface area contributed by atoms with Gasteiger partial charge in [-0.15, -0.1) is 0 Å². The van der Waals surface area contributed by atoms with Crippen molar-refractivity contribution in [3.8, 4) is 5.75 Å². The topological polar surface area (TPSA) is 87.7 Å². The first-order chi connectivity index (χ1) is 10.5. The number of hydrogen-bond donors (Lipinski definition) is 3. The normalized spacial score (nSPS) is 11.6. The molecule has 0 saturated carbocycles. The van der Waals surface area contributed by atoms with Crippen LogP contribution >= 0.6 is 11.8 Å². The number of hydrogen-bond acceptors (Lipinski definition) is 4. The van der Waals surface area contributed by atoms with Gasteiger partial charge in [-0.1, -0.05) is 12.1 Å². The molecule has 0 aliphatic carbocycles. The molecule has 0 fully saturated rings. The molecule has 1 rings (SSSR count). The van der Waals surface area contributed by atoms with Gasteiger partial charge in [-0.05, 0) is 49.5 Å². The van der Waals surface area contributed by atoms with Crippen LogP contribution in [0.5, 0.6) is 5.75 Å². The summed E-state index contributed by atoms with van der Waals surface area (Å²) in [5.74, 6) is 0.313. The summed E-state index contributed by atoms with van der Waals surface area (Å²) in [6, 6.07) is 4.22. The number of benzene rings is 1. The van der Waals surface area contributed by atoms with Crippen LogP contribution in [0, 0.1) is 13.8 Å². The molecule has 0 aromatic heterocycles. The Bertz CT molecular complexity index is 522. The zero-order valence-electron chi connectivity index (χ0n) is 13.0. The summed E-state index contributed by atoms with van der Waals surface area (Å²) in [5, 5.41) is 14.0. The van der Waals surface area contributed by atoms with Crippen LogP contribution < -0.4 is 15.4 Å². The summed E-state index contributed by atoms with van der Waals surface area (Å²) in [6.45, 7) is 3.89. The average Bonchev–Trinajstić information content (AvgIpc) is 2.47. The molecule has 0 saturated heterocycles. The maximum atomic E-state index is 11.7. The highest BCUT2D eigenvalue weighted by atomic mass is 32.2. The van der Waals surface area contributed by atoms with Gasteiger partial charge >= 0.3 is 12.0 Å². The first-order valence-corrected chi connectivity index (χ1v) is 8.30. The Morgan fingerprint density at radius 3 is 2.73 bits per heavy atom. The van der Waals surface area contributed by atoms with Gasteiger partial charge in [0.2, 0.25) is 0 Å². The number of amides is 2. The average molecular weight is 326 g/mol. The molecule has 0 aliphatic heterocycles. The summed E-state index contributed by atoms with van der Waals surface area (Å²) in [6.07, 6.45) is 2.26. The van der Waals surface area contributed by atoms with Crippen molar-refractivity contribution in [2.75, 3.05) is 18.7 Å². The highest BCUT2D eigenvalue weighted by Crippen LogP contribution is 2.19. The lowest BCUT2D eigenvalue weighted by molar-refractivity contribution is -0.139. The molecule has 6 nitrogen and oxygen atoms in total. The first kappa shape index (κ1) is 18.2. The summed E-state index contributed by atoms with van der Waals surface area (Å²) >= 11 is 1.53. The summed E-state index contributed by atoms with van der Waals surface area (Å²) in [7, 11) is 0. The Morgan fingerprint density at radius 2 is 2.09 bits per heavy atom. The Hall–Kier alpha value is -1.89. The molecule has 1 unspecified atom stereocenters. The SMILES string of the molecule is CSCCC(NC(=O)NCOc1cccc(C)c1C)C(=O)O. The van der Waals surface area contributed by atoms with E-state index in [0.717, 1.165) is 11.1 Å². The fourth-order valence-electron chi connectivity index (χ4n) is 1.76. The van der Waals surface area contributed by atoms with Crippen molar-refractivity contribution in [1.29, 1.82) is 0 Å². The van der Waals surface area contributed by atoms with Crippen LogP contribution in [0.15, 0.2) is 18.2 Å². The maximum absolute atomic E-state index is 11.7. The van der Waals surface area contributed by atoms with Gasteiger partial charge in [-0.3, -0.25) is 0 Å². The lowest BCUT2D eigenvalue weighted by atomic mass is 10.1. The van der Waals surface area contributed by atoms with E-state index in [9.17, 15) is 9.59 Å². The largest absolute Gasteiger partial charge is 0.480 e. The van der Waals surface area contributed by atoms with Crippen LogP contribution in [0.2, 0.25) is 0 Å². The Morgan fingerprint density at radius 1 is 1.36 bits per heavy atom. The van der Waals surface area contributed by atoms with Gasteiger partial charge in [-0.25, -0.2) is 9.59 Å². The number of carboxylic acid groups (broad SMARTS) is 1. The number of aliphatic carboxylic acids is 1. The quantitative estimate of drug-likeness (QED) is 0.637. The minimum absolute atomic E-state index is 0.0228. The van der Waals surface area contributed by atoms with E-state index >= 15 is 0 Å². The molecule has 22 heavy (non-hydrogen) atoms. The number of aryl methyl sites for hydroxylation is 1. The maximum Gasteiger partial charge on any atom is 0.326 e. The standard InChI is InChI=1S/C15H22N2O4S/c1-10-5-4-6-13(11(10)2)21-9-16-15(20)17-12(14(18)19)7-8-22-3/h4-6,12H,7-9H2,1-3H3,(H,18,19)(H2,16,17,20). The molecule has 122 valence electrons. The molecule has 7 heteroatoms. The first-order valence-electron chi connectivity index (χ1n) is 6.90. The zero-order valence-corrected chi connectivity index (χ0v) is 13.8. The second-order valence-corrected chi connectivity index (χ2v) is 5.79. The molecule has 0 spiro atoms. The van der Waals surface area contributed by atoms with E-state index in [1.54, 1.807) is 0 Å². The van der Waals surface area contributed by atoms with Crippen molar-refractivity contribution in [3.05, 3.63) is 29.3 Å². The monoisotopic (exact) mass is 326 g/mol. The van der Waals surface area contributed by atoms with Crippen LogP contribution in [0.4, 0.5) is 4.79 Å². The Balaban J connectivity index is 2.42. The molecule has 0 radical (unpaired) electrons. The molecule has 2 amide bonds. The molecule has 1 aromatic carbocycles. The minimum Gasteiger partial charge on any atom is -0.480 e.